The molecule has 1 heterocycles. The van der Waals surface area contributed by atoms with Gasteiger partial charge >= 0.3 is 0 Å². The molecule has 2 aromatic rings. The Morgan fingerprint density at radius 1 is 1.39 bits per heavy atom. The fourth-order valence-electron chi connectivity index (χ4n) is 1.47. The van der Waals surface area contributed by atoms with E-state index in [1.54, 1.807) is 13.2 Å². The third-order valence-electron chi connectivity index (χ3n) is 2.41. The van der Waals surface area contributed by atoms with E-state index in [4.69, 9.17) is 16.3 Å². The molecule has 1 N–H and O–H groups in total. The summed E-state index contributed by atoms with van der Waals surface area (Å²) >= 11 is 5.91. The van der Waals surface area contributed by atoms with E-state index >= 15 is 0 Å². The molecule has 0 saturated carbocycles. The van der Waals surface area contributed by atoms with Gasteiger partial charge in [-0.1, -0.05) is 23.7 Å². The minimum atomic E-state index is 0.432. The van der Waals surface area contributed by atoms with E-state index in [-0.39, 0.29) is 0 Å². The molecule has 0 aliphatic carbocycles. The van der Waals surface area contributed by atoms with E-state index in [1.807, 2.05) is 31.2 Å². The van der Waals surface area contributed by atoms with Crippen molar-refractivity contribution in [2.45, 2.75) is 13.5 Å². The highest BCUT2D eigenvalue weighted by molar-refractivity contribution is 6.30. The Morgan fingerprint density at radius 3 is 2.94 bits per heavy atom. The lowest BCUT2D eigenvalue weighted by Crippen LogP contribution is -2.03. The number of ether oxygens (including phenoxy) is 1. The van der Waals surface area contributed by atoms with Gasteiger partial charge in [0.1, 0.15) is 6.61 Å². The average Bonchev–Trinajstić information content (AvgIpc) is 2.38. The molecule has 4 nitrogen and oxygen atoms in total. The molecule has 0 amide bonds. The first kappa shape index (κ1) is 12.6. The van der Waals surface area contributed by atoms with Crippen LogP contribution in [-0.2, 0) is 6.61 Å². The number of rotatable bonds is 4. The summed E-state index contributed by atoms with van der Waals surface area (Å²) in [5, 5.41) is 3.58. The molecule has 94 valence electrons. The van der Waals surface area contributed by atoms with Crippen LogP contribution >= 0.6 is 11.6 Å². The average molecular weight is 264 g/mol. The zero-order valence-corrected chi connectivity index (χ0v) is 11.0. The zero-order chi connectivity index (χ0) is 13.0. The van der Waals surface area contributed by atoms with Crippen LogP contribution in [0, 0.1) is 6.92 Å². The van der Waals surface area contributed by atoms with Gasteiger partial charge in [0.05, 0.1) is 0 Å². The molecule has 0 saturated heterocycles. The van der Waals surface area contributed by atoms with Crippen molar-refractivity contribution in [2.24, 2.45) is 0 Å². The van der Waals surface area contributed by atoms with E-state index in [2.05, 4.69) is 15.3 Å². The normalized spacial score (nSPS) is 10.2. The maximum absolute atomic E-state index is 5.91. The maximum atomic E-state index is 5.91. The van der Waals surface area contributed by atoms with Crippen molar-refractivity contribution in [3.8, 4) is 5.88 Å². The molecule has 0 aliphatic rings. The number of nitrogens with zero attached hydrogens (tertiary/aromatic N) is 2. The Bertz CT molecular complexity index is 546. The lowest BCUT2D eigenvalue weighted by Gasteiger charge is -2.09. The highest BCUT2D eigenvalue weighted by atomic mass is 35.5. The van der Waals surface area contributed by atoms with Gasteiger partial charge in [0, 0.05) is 23.8 Å². The monoisotopic (exact) mass is 263 g/mol. The molecule has 0 fully saturated rings. The number of anilines is 1. The third kappa shape index (κ3) is 3.11. The molecule has 1 aromatic carbocycles. The summed E-state index contributed by atoms with van der Waals surface area (Å²) in [6.07, 6.45) is 1.73. The molecule has 0 unspecified atom stereocenters. The van der Waals surface area contributed by atoms with Gasteiger partial charge in [0.25, 0.3) is 0 Å². The van der Waals surface area contributed by atoms with Crippen LogP contribution in [0.25, 0.3) is 0 Å². The number of halogens is 1. The van der Waals surface area contributed by atoms with Crippen LogP contribution in [0.4, 0.5) is 5.95 Å². The van der Waals surface area contributed by atoms with E-state index in [0.717, 1.165) is 11.1 Å². The smallest absolute Gasteiger partial charge is 0.225 e. The maximum Gasteiger partial charge on any atom is 0.225 e. The predicted octanol–water partition coefficient (Wildman–Crippen LogP) is 3.06. The van der Waals surface area contributed by atoms with Crippen molar-refractivity contribution >= 4 is 17.5 Å². The van der Waals surface area contributed by atoms with Crippen molar-refractivity contribution in [3.05, 3.63) is 46.6 Å². The van der Waals surface area contributed by atoms with E-state index < -0.39 is 0 Å². The van der Waals surface area contributed by atoms with E-state index in [1.165, 1.54) is 0 Å². The number of aromatic nitrogens is 2. The summed E-state index contributed by atoms with van der Waals surface area (Å²) in [5.41, 5.74) is 1.91. The van der Waals surface area contributed by atoms with Crippen LogP contribution in [-0.4, -0.2) is 17.0 Å². The Hall–Kier alpha value is -1.81. The molecule has 2 rings (SSSR count). The van der Waals surface area contributed by atoms with E-state index in [0.29, 0.717) is 23.5 Å². The first-order chi connectivity index (χ1) is 8.69. The highest BCUT2D eigenvalue weighted by Gasteiger charge is 2.04. The van der Waals surface area contributed by atoms with Gasteiger partial charge in [0.15, 0.2) is 0 Å². The van der Waals surface area contributed by atoms with Crippen LogP contribution < -0.4 is 10.1 Å². The predicted molar refractivity (Wildman–Crippen MR) is 72.1 cm³/mol. The quantitative estimate of drug-likeness (QED) is 0.921. The Morgan fingerprint density at radius 2 is 2.22 bits per heavy atom. The number of nitrogens with one attached hydrogen (secondary N) is 1. The highest BCUT2D eigenvalue weighted by Crippen LogP contribution is 2.17. The van der Waals surface area contributed by atoms with Crippen LogP contribution in [0.2, 0.25) is 5.02 Å². The van der Waals surface area contributed by atoms with Crippen molar-refractivity contribution in [1.29, 1.82) is 0 Å². The summed E-state index contributed by atoms with van der Waals surface area (Å²) in [5.74, 6) is 1.12. The summed E-state index contributed by atoms with van der Waals surface area (Å²) in [6.45, 7) is 2.34. The molecule has 0 aliphatic heterocycles. The molecule has 0 atom stereocenters. The fraction of sp³-hybridized carbons (Fsp3) is 0.231. The third-order valence-corrected chi connectivity index (χ3v) is 2.65. The molecule has 18 heavy (non-hydrogen) atoms. The molecule has 5 heteroatoms. The van der Waals surface area contributed by atoms with Gasteiger partial charge in [-0.2, -0.15) is 4.98 Å². The van der Waals surface area contributed by atoms with Crippen molar-refractivity contribution in [1.82, 2.24) is 9.97 Å². The summed E-state index contributed by atoms with van der Waals surface area (Å²) in [7, 11) is 1.77. The van der Waals surface area contributed by atoms with Gasteiger partial charge in [0.2, 0.25) is 11.8 Å². The van der Waals surface area contributed by atoms with Crippen LogP contribution in [0.15, 0.2) is 30.5 Å². The van der Waals surface area contributed by atoms with Crippen molar-refractivity contribution in [3.63, 3.8) is 0 Å². The van der Waals surface area contributed by atoms with Gasteiger partial charge in [-0.3, -0.25) is 0 Å². The second kappa shape index (κ2) is 5.69. The first-order valence-corrected chi connectivity index (χ1v) is 5.95. The number of hydrogen-bond donors (Lipinski definition) is 1. The number of benzene rings is 1. The first-order valence-electron chi connectivity index (χ1n) is 5.57. The Kier molecular flexibility index (Phi) is 3.99. The number of hydrogen-bond acceptors (Lipinski definition) is 4. The van der Waals surface area contributed by atoms with E-state index in [9.17, 15) is 0 Å². The molecular formula is C13H14ClN3O. The van der Waals surface area contributed by atoms with Crippen molar-refractivity contribution in [2.75, 3.05) is 12.4 Å². The van der Waals surface area contributed by atoms with Gasteiger partial charge in [-0.05, 0) is 24.6 Å². The molecular weight excluding hydrogens is 250 g/mol. The molecule has 1 aromatic heterocycles. The summed E-state index contributed by atoms with van der Waals surface area (Å²) in [6, 6.07) is 7.56. The minimum Gasteiger partial charge on any atom is -0.472 e. The largest absolute Gasteiger partial charge is 0.472 e. The van der Waals surface area contributed by atoms with Crippen LogP contribution in [0.5, 0.6) is 5.88 Å². The van der Waals surface area contributed by atoms with Gasteiger partial charge in [-0.15, -0.1) is 0 Å². The van der Waals surface area contributed by atoms with Crippen LogP contribution in [0.3, 0.4) is 0 Å². The zero-order valence-electron chi connectivity index (χ0n) is 10.3. The molecule has 0 radical (unpaired) electrons. The van der Waals surface area contributed by atoms with Gasteiger partial charge in [-0.25, -0.2) is 4.98 Å². The van der Waals surface area contributed by atoms with Crippen molar-refractivity contribution < 1.29 is 4.74 Å². The van der Waals surface area contributed by atoms with Gasteiger partial charge < -0.3 is 10.1 Å². The Labute approximate surface area is 111 Å². The minimum absolute atomic E-state index is 0.432. The fourth-order valence-corrected chi connectivity index (χ4v) is 1.68. The second-order valence-corrected chi connectivity index (χ2v) is 4.29. The summed E-state index contributed by atoms with van der Waals surface area (Å²) < 4.78 is 5.67. The standard InChI is InChI=1S/C13H14ClN3O/c1-9-7-16-13(15-2)17-12(9)18-8-10-4-3-5-11(14)6-10/h3-7H,8H2,1-2H3,(H,15,16,17). The topological polar surface area (TPSA) is 47.0 Å². The lowest BCUT2D eigenvalue weighted by atomic mass is 10.2. The lowest BCUT2D eigenvalue weighted by molar-refractivity contribution is 0.291. The molecule has 0 bridgehead atoms. The SMILES string of the molecule is CNc1ncc(C)c(OCc2cccc(Cl)c2)n1. The molecule has 0 spiro atoms. The number of aryl methyl sites for hydroxylation is 1. The summed E-state index contributed by atoms with van der Waals surface area (Å²) in [4.78, 5) is 8.35. The Balaban J connectivity index is 2.10. The second-order valence-electron chi connectivity index (χ2n) is 3.85. The van der Waals surface area contributed by atoms with Crippen LogP contribution in [0.1, 0.15) is 11.1 Å².